The van der Waals surface area contributed by atoms with Gasteiger partial charge in [0.15, 0.2) is 0 Å². The first-order valence-electron chi connectivity index (χ1n) is 7.13. The molecule has 0 radical (unpaired) electrons. The molecule has 0 aliphatic rings. The zero-order valence-corrected chi connectivity index (χ0v) is 14.1. The van der Waals surface area contributed by atoms with E-state index in [-0.39, 0.29) is 0 Å². The molecule has 1 N–H and O–H groups in total. The molecular weight excluding hydrogens is 302 g/mol. The van der Waals surface area contributed by atoms with E-state index < -0.39 is 0 Å². The molecule has 0 unspecified atom stereocenters. The summed E-state index contributed by atoms with van der Waals surface area (Å²) in [4.78, 5) is 0. The van der Waals surface area contributed by atoms with Gasteiger partial charge in [0, 0.05) is 12.6 Å². The van der Waals surface area contributed by atoms with E-state index in [9.17, 15) is 0 Å². The smallest absolute Gasteiger partial charge is 0.133 e. The molecule has 0 amide bonds. The number of nitrogens with one attached hydrogen (secondary N) is 1. The summed E-state index contributed by atoms with van der Waals surface area (Å²) in [5.41, 5.74) is 1.27. The third-order valence-corrected chi connectivity index (χ3v) is 3.51. The van der Waals surface area contributed by atoms with Crippen molar-refractivity contribution < 1.29 is 4.74 Å². The maximum atomic E-state index is 5.80. The minimum absolute atomic E-state index is 0.505. The summed E-state index contributed by atoms with van der Waals surface area (Å²) in [5, 5.41) is 3.41. The predicted molar refractivity (Wildman–Crippen MR) is 85.7 cm³/mol. The maximum Gasteiger partial charge on any atom is 0.133 e. The van der Waals surface area contributed by atoms with Crippen LogP contribution in [0.2, 0.25) is 0 Å². The summed E-state index contributed by atoms with van der Waals surface area (Å²) >= 11 is 3.58. The summed E-state index contributed by atoms with van der Waals surface area (Å²) < 4.78 is 6.84. The second-order valence-electron chi connectivity index (χ2n) is 5.68. The molecule has 1 aromatic carbocycles. The Morgan fingerprint density at radius 1 is 1.21 bits per heavy atom. The Morgan fingerprint density at radius 2 is 1.95 bits per heavy atom. The Labute approximate surface area is 126 Å². The molecule has 0 heterocycles. The van der Waals surface area contributed by atoms with Gasteiger partial charge in [-0.1, -0.05) is 33.8 Å². The van der Waals surface area contributed by atoms with E-state index in [0.717, 1.165) is 35.7 Å². The molecule has 0 atom stereocenters. The highest BCUT2D eigenvalue weighted by Crippen LogP contribution is 2.26. The molecule has 0 aliphatic carbocycles. The van der Waals surface area contributed by atoms with Crippen LogP contribution in [0.15, 0.2) is 22.7 Å². The van der Waals surface area contributed by atoms with Crippen LogP contribution in [-0.4, -0.2) is 12.6 Å². The molecule has 0 aliphatic heterocycles. The van der Waals surface area contributed by atoms with Crippen LogP contribution in [0.1, 0.15) is 46.1 Å². The number of rotatable bonds is 8. The van der Waals surface area contributed by atoms with Crippen LogP contribution >= 0.6 is 15.9 Å². The molecule has 1 rings (SSSR count). The quantitative estimate of drug-likeness (QED) is 0.695. The van der Waals surface area contributed by atoms with Crippen LogP contribution in [0.3, 0.4) is 0 Å². The van der Waals surface area contributed by atoms with E-state index in [4.69, 9.17) is 4.74 Å². The normalized spacial score (nSPS) is 11.3. The van der Waals surface area contributed by atoms with Crippen molar-refractivity contribution in [2.24, 2.45) is 5.92 Å². The molecule has 0 saturated carbocycles. The van der Waals surface area contributed by atoms with E-state index in [1.165, 1.54) is 12.0 Å². The molecule has 19 heavy (non-hydrogen) atoms. The molecular formula is C16H26BrNO. The zero-order valence-electron chi connectivity index (χ0n) is 12.5. The number of hydrogen-bond donors (Lipinski definition) is 1. The van der Waals surface area contributed by atoms with Crippen molar-refractivity contribution >= 4 is 15.9 Å². The second-order valence-corrected chi connectivity index (χ2v) is 6.54. The Balaban J connectivity index is 2.43. The molecule has 0 aromatic heterocycles. The highest BCUT2D eigenvalue weighted by Gasteiger charge is 2.04. The second kappa shape index (κ2) is 8.60. The molecule has 0 spiro atoms. The van der Waals surface area contributed by atoms with Crippen molar-refractivity contribution in [1.29, 1.82) is 0 Å². The lowest BCUT2D eigenvalue weighted by Crippen LogP contribution is -2.21. The first kappa shape index (κ1) is 16.5. The molecule has 0 saturated heterocycles. The van der Waals surface area contributed by atoms with Gasteiger partial charge in [0.1, 0.15) is 5.75 Å². The van der Waals surface area contributed by atoms with Crippen LogP contribution in [0.5, 0.6) is 5.75 Å². The van der Waals surface area contributed by atoms with E-state index in [0.29, 0.717) is 6.04 Å². The van der Waals surface area contributed by atoms with Gasteiger partial charge in [0.25, 0.3) is 0 Å². The van der Waals surface area contributed by atoms with Crippen molar-refractivity contribution in [3.8, 4) is 5.75 Å². The standard InChI is InChI=1S/C16H26BrNO/c1-12(2)6-5-9-19-16-8-7-14(10-15(16)17)11-18-13(3)4/h7-8,10,12-13,18H,5-6,9,11H2,1-4H3. The van der Waals surface area contributed by atoms with Gasteiger partial charge in [-0.25, -0.2) is 0 Å². The lowest BCUT2D eigenvalue weighted by molar-refractivity contribution is 0.296. The average Bonchev–Trinajstić information content (AvgIpc) is 2.33. The minimum Gasteiger partial charge on any atom is -0.492 e. The van der Waals surface area contributed by atoms with Crippen molar-refractivity contribution in [2.45, 2.75) is 53.1 Å². The first-order chi connectivity index (χ1) is 8.99. The molecule has 0 bridgehead atoms. The topological polar surface area (TPSA) is 21.3 Å². The van der Waals surface area contributed by atoms with E-state index >= 15 is 0 Å². The highest BCUT2D eigenvalue weighted by molar-refractivity contribution is 9.10. The molecule has 108 valence electrons. The van der Waals surface area contributed by atoms with Gasteiger partial charge in [0.05, 0.1) is 11.1 Å². The lowest BCUT2D eigenvalue weighted by Gasteiger charge is -2.12. The van der Waals surface area contributed by atoms with Gasteiger partial charge in [-0.15, -0.1) is 0 Å². The number of hydrogen-bond acceptors (Lipinski definition) is 2. The summed E-state index contributed by atoms with van der Waals surface area (Å²) in [7, 11) is 0. The number of ether oxygens (including phenoxy) is 1. The minimum atomic E-state index is 0.505. The monoisotopic (exact) mass is 327 g/mol. The SMILES string of the molecule is CC(C)CCCOc1ccc(CNC(C)C)cc1Br. The Hall–Kier alpha value is -0.540. The van der Waals surface area contributed by atoms with Crippen LogP contribution in [-0.2, 0) is 6.54 Å². The zero-order chi connectivity index (χ0) is 14.3. The average molecular weight is 328 g/mol. The van der Waals surface area contributed by atoms with Gasteiger partial charge in [-0.2, -0.15) is 0 Å². The fraction of sp³-hybridized carbons (Fsp3) is 0.625. The third kappa shape index (κ3) is 6.98. The first-order valence-corrected chi connectivity index (χ1v) is 7.93. The predicted octanol–water partition coefficient (Wildman–Crippen LogP) is 4.76. The lowest BCUT2D eigenvalue weighted by atomic mass is 10.1. The van der Waals surface area contributed by atoms with Gasteiger partial charge in [-0.05, 0) is 52.4 Å². The van der Waals surface area contributed by atoms with E-state index in [2.05, 4.69) is 67.1 Å². The van der Waals surface area contributed by atoms with Gasteiger partial charge < -0.3 is 10.1 Å². The van der Waals surface area contributed by atoms with Crippen molar-refractivity contribution in [3.05, 3.63) is 28.2 Å². The summed E-state index contributed by atoms with van der Waals surface area (Å²) in [6.45, 7) is 10.5. The number of halogens is 1. The molecule has 0 fully saturated rings. The molecule has 1 aromatic rings. The Morgan fingerprint density at radius 3 is 2.53 bits per heavy atom. The Bertz CT molecular complexity index is 377. The van der Waals surface area contributed by atoms with Crippen LogP contribution < -0.4 is 10.1 Å². The molecule has 2 nitrogen and oxygen atoms in total. The van der Waals surface area contributed by atoms with Crippen molar-refractivity contribution in [3.63, 3.8) is 0 Å². The van der Waals surface area contributed by atoms with Crippen molar-refractivity contribution in [2.75, 3.05) is 6.61 Å². The van der Waals surface area contributed by atoms with E-state index in [1.807, 2.05) is 0 Å². The van der Waals surface area contributed by atoms with Crippen LogP contribution in [0, 0.1) is 5.92 Å². The maximum absolute atomic E-state index is 5.80. The third-order valence-electron chi connectivity index (χ3n) is 2.89. The number of benzene rings is 1. The van der Waals surface area contributed by atoms with Gasteiger partial charge in [0.2, 0.25) is 0 Å². The van der Waals surface area contributed by atoms with Gasteiger partial charge >= 0.3 is 0 Å². The molecule has 3 heteroatoms. The Kier molecular flexibility index (Phi) is 7.47. The van der Waals surface area contributed by atoms with Crippen LogP contribution in [0.4, 0.5) is 0 Å². The van der Waals surface area contributed by atoms with Gasteiger partial charge in [-0.3, -0.25) is 0 Å². The highest BCUT2D eigenvalue weighted by atomic mass is 79.9. The van der Waals surface area contributed by atoms with Crippen LogP contribution in [0.25, 0.3) is 0 Å². The summed E-state index contributed by atoms with van der Waals surface area (Å²) in [6, 6.07) is 6.81. The fourth-order valence-electron chi connectivity index (χ4n) is 1.77. The summed E-state index contributed by atoms with van der Waals surface area (Å²) in [6.07, 6.45) is 2.33. The van der Waals surface area contributed by atoms with Crippen molar-refractivity contribution in [1.82, 2.24) is 5.32 Å². The largest absolute Gasteiger partial charge is 0.492 e. The summed E-state index contributed by atoms with van der Waals surface area (Å²) in [5.74, 6) is 1.69. The fourth-order valence-corrected chi connectivity index (χ4v) is 2.31. The van der Waals surface area contributed by atoms with E-state index in [1.54, 1.807) is 0 Å².